The lowest BCUT2D eigenvalue weighted by Crippen LogP contribution is -2.03. The molecule has 2 aromatic rings. The van der Waals surface area contributed by atoms with E-state index in [1.54, 1.807) is 31.2 Å². The number of rotatable bonds is 3. The van der Waals surface area contributed by atoms with Crippen LogP contribution >= 0.6 is 0 Å². The molecule has 1 heterocycles. The van der Waals surface area contributed by atoms with Crippen molar-refractivity contribution in [2.24, 2.45) is 0 Å². The minimum absolute atomic E-state index is 0.0965. The summed E-state index contributed by atoms with van der Waals surface area (Å²) < 4.78 is 23.4. The van der Waals surface area contributed by atoms with Gasteiger partial charge in [-0.1, -0.05) is 19.1 Å². The molecule has 0 amide bonds. The summed E-state index contributed by atoms with van der Waals surface area (Å²) in [4.78, 5) is 0.327. The van der Waals surface area contributed by atoms with Crippen LogP contribution in [0.5, 0.6) is 0 Å². The van der Waals surface area contributed by atoms with Crippen molar-refractivity contribution in [3.63, 3.8) is 0 Å². The second-order valence-corrected chi connectivity index (χ2v) is 6.31. The molecular formula is C12H15N3O2S. The molecule has 1 aromatic carbocycles. The van der Waals surface area contributed by atoms with Crippen molar-refractivity contribution in [3.05, 3.63) is 30.0 Å². The first-order valence-electron chi connectivity index (χ1n) is 5.59. The SMILES string of the molecule is CCS(=O)(=O)c1ccc(-c2c(N)n[nH]c2C)cc1. The number of hydrogen-bond donors (Lipinski definition) is 2. The molecule has 0 spiro atoms. The van der Waals surface area contributed by atoms with Gasteiger partial charge in [0.05, 0.1) is 10.6 Å². The van der Waals surface area contributed by atoms with Gasteiger partial charge in [-0.25, -0.2) is 8.42 Å². The second kappa shape index (κ2) is 4.45. The van der Waals surface area contributed by atoms with Gasteiger partial charge in [0.2, 0.25) is 0 Å². The highest BCUT2D eigenvalue weighted by Crippen LogP contribution is 2.28. The first-order chi connectivity index (χ1) is 8.45. The Morgan fingerprint density at radius 1 is 1.28 bits per heavy atom. The minimum Gasteiger partial charge on any atom is -0.382 e. The van der Waals surface area contributed by atoms with Crippen LogP contribution in [0.15, 0.2) is 29.2 Å². The van der Waals surface area contributed by atoms with Gasteiger partial charge in [-0.05, 0) is 24.6 Å². The van der Waals surface area contributed by atoms with Crippen molar-refractivity contribution in [3.8, 4) is 11.1 Å². The zero-order valence-electron chi connectivity index (χ0n) is 10.3. The van der Waals surface area contributed by atoms with E-state index < -0.39 is 9.84 Å². The van der Waals surface area contributed by atoms with E-state index in [0.29, 0.717) is 10.7 Å². The monoisotopic (exact) mass is 265 g/mol. The molecule has 18 heavy (non-hydrogen) atoms. The van der Waals surface area contributed by atoms with Crippen molar-refractivity contribution in [1.29, 1.82) is 0 Å². The van der Waals surface area contributed by atoms with Gasteiger partial charge in [0, 0.05) is 11.3 Å². The van der Waals surface area contributed by atoms with Gasteiger partial charge in [-0.3, -0.25) is 5.10 Å². The lowest BCUT2D eigenvalue weighted by molar-refractivity contribution is 0.597. The number of aromatic nitrogens is 2. The smallest absolute Gasteiger partial charge is 0.178 e. The van der Waals surface area contributed by atoms with Gasteiger partial charge in [-0.15, -0.1) is 0 Å². The summed E-state index contributed by atoms with van der Waals surface area (Å²) in [6, 6.07) is 6.69. The summed E-state index contributed by atoms with van der Waals surface area (Å²) in [5.74, 6) is 0.512. The van der Waals surface area contributed by atoms with E-state index in [1.807, 2.05) is 6.92 Å². The summed E-state index contributed by atoms with van der Waals surface area (Å²) in [5, 5.41) is 6.71. The number of nitrogen functional groups attached to an aromatic ring is 1. The van der Waals surface area contributed by atoms with Crippen LogP contribution in [0.4, 0.5) is 5.82 Å². The first kappa shape index (κ1) is 12.6. The standard InChI is InChI=1S/C12H15N3O2S/c1-3-18(16,17)10-6-4-9(5-7-10)11-8(2)14-15-12(11)13/h4-7H,3H2,1-2H3,(H3,13,14,15). The fraction of sp³-hybridized carbons (Fsp3) is 0.250. The van der Waals surface area contributed by atoms with E-state index in [-0.39, 0.29) is 5.75 Å². The summed E-state index contributed by atoms with van der Waals surface area (Å²) in [7, 11) is -3.16. The predicted molar refractivity (Wildman–Crippen MR) is 70.9 cm³/mol. The molecule has 0 unspecified atom stereocenters. The maximum atomic E-state index is 11.7. The van der Waals surface area contributed by atoms with Crippen LogP contribution in [0.1, 0.15) is 12.6 Å². The van der Waals surface area contributed by atoms with Crippen LogP contribution < -0.4 is 5.73 Å². The fourth-order valence-electron chi connectivity index (χ4n) is 1.81. The number of nitrogens with one attached hydrogen (secondary N) is 1. The highest BCUT2D eigenvalue weighted by atomic mass is 32.2. The zero-order valence-corrected chi connectivity index (χ0v) is 11.1. The van der Waals surface area contributed by atoms with Crippen molar-refractivity contribution in [2.45, 2.75) is 18.7 Å². The van der Waals surface area contributed by atoms with Crippen LogP contribution in [0, 0.1) is 6.92 Å². The highest BCUT2D eigenvalue weighted by Gasteiger charge is 2.13. The van der Waals surface area contributed by atoms with E-state index in [4.69, 9.17) is 5.73 Å². The number of hydrogen-bond acceptors (Lipinski definition) is 4. The van der Waals surface area contributed by atoms with Gasteiger partial charge in [0.1, 0.15) is 0 Å². The number of H-pyrrole nitrogens is 1. The topological polar surface area (TPSA) is 88.8 Å². The zero-order chi connectivity index (χ0) is 13.3. The molecule has 1 aromatic heterocycles. The number of aryl methyl sites for hydroxylation is 1. The van der Waals surface area contributed by atoms with Gasteiger partial charge in [-0.2, -0.15) is 5.10 Å². The molecule has 96 valence electrons. The summed E-state index contributed by atoms with van der Waals surface area (Å²) >= 11 is 0. The third-order valence-corrected chi connectivity index (χ3v) is 4.61. The normalized spacial score (nSPS) is 11.7. The molecule has 0 saturated heterocycles. The number of benzene rings is 1. The van der Waals surface area contributed by atoms with Gasteiger partial charge >= 0.3 is 0 Å². The Hall–Kier alpha value is -1.82. The molecule has 0 aliphatic carbocycles. The Morgan fingerprint density at radius 3 is 2.33 bits per heavy atom. The maximum Gasteiger partial charge on any atom is 0.178 e. The van der Waals surface area contributed by atoms with E-state index in [1.165, 1.54) is 0 Å². The lowest BCUT2D eigenvalue weighted by Gasteiger charge is -2.04. The summed E-state index contributed by atoms with van der Waals surface area (Å²) in [5.41, 5.74) is 8.29. The first-order valence-corrected chi connectivity index (χ1v) is 7.24. The Morgan fingerprint density at radius 2 is 1.89 bits per heavy atom. The fourth-order valence-corrected chi connectivity index (χ4v) is 2.69. The van der Waals surface area contributed by atoms with E-state index in [0.717, 1.165) is 16.8 Å². The number of nitrogens with zero attached hydrogens (tertiary/aromatic N) is 1. The van der Waals surface area contributed by atoms with Crippen LogP contribution in [0.3, 0.4) is 0 Å². The Balaban J connectivity index is 2.46. The maximum absolute atomic E-state index is 11.7. The number of sulfone groups is 1. The van der Waals surface area contributed by atoms with Gasteiger partial charge < -0.3 is 5.73 Å². The van der Waals surface area contributed by atoms with Crippen LogP contribution in [-0.4, -0.2) is 24.4 Å². The summed E-state index contributed by atoms with van der Waals surface area (Å²) in [6.45, 7) is 3.50. The molecular weight excluding hydrogens is 250 g/mol. The lowest BCUT2D eigenvalue weighted by atomic mass is 10.1. The third-order valence-electron chi connectivity index (χ3n) is 2.86. The van der Waals surface area contributed by atoms with Crippen LogP contribution in [0.25, 0.3) is 11.1 Å². The van der Waals surface area contributed by atoms with Crippen molar-refractivity contribution in [2.75, 3.05) is 11.5 Å². The molecule has 5 nitrogen and oxygen atoms in total. The van der Waals surface area contributed by atoms with E-state index in [9.17, 15) is 8.42 Å². The van der Waals surface area contributed by atoms with Crippen LogP contribution in [-0.2, 0) is 9.84 Å². The molecule has 6 heteroatoms. The Labute approximate surface area is 106 Å². The molecule has 2 rings (SSSR count). The van der Waals surface area contributed by atoms with Gasteiger partial charge in [0.15, 0.2) is 15.7 Å². The van der Waals surface area contributed by atoms with Crippen LogP contribution in [0.2, 0.25) is 0 Å². The quantitative estimate of drug-likeness (QED) is 0.885. The van der Waals surface area contributed by atoms with Crippen molar-refractivity contribution in [1.82, 2.24) is 10.2 Å². The van der Waals surface area contributed by atoms with Gasteiger partial charge in [0.25, 0.3) is 0 Å². The molecule has 0 atom stereocenters. The molecule has 0 aliphatic rings. The molecule has 0 aliphatic heterocycles. The largest absolute Gasteiger partial charge is 0.382 e. The van der Waals surface area contributed by atoms with E-state index in [2.05, 4.69) is 10.2 Å². The second-order valence-electron chi connectivity index (χ2n) is 4.04. The molecule has 3 N–H and O–H groups in total. The highest BCUT2D eigenvalue weighted by molar-refractivity contribution is 7.91. The molecule has 0 radical (unpaired) electrons. The third kappa shape index (κ3) is 2.11. The predicted octanol–water partition coefficient (Wildman–Crippen LogP) is 1.76. The molecule has 0 fully saturated rings. The average molecular weight is 265 g/mol. The number of aromatic amines is 1. The molecule has 0 saturated carbocycles. The molecule has 0 bridgehead atoms. The average Bonchev–Trinajstić information content (AvgIpc) is 2.69. The van der Waals surface area contributed by atoms with Crippen molar-refractivity contribution >= 4 is 15.7 Å². The minimum atomic E-state index is -3.16. The summed E-state index contributed by atoms with van der Waals surface area (Å²) in [6.07, 6.45) is 0. The number of anilines is 1. The van der Waals surface area contributed by atoms with Crippen molar-refractivity contribution < 1.29 is 8.42 Å². The Bertz CT molecular complexity index is 638. The van der Waals surface area contributed by atoms with E-state index >= 15 is 0 Å². The number of nitrogens with two attached hydrogens (primary N) is 1. The Kier molecular flexibility index (Phi) is 3.13.